The van der Waals surface area contributed by atoms with Crippen LogP contribution in [0.25, 0.3) is 0 Å². The Labute approximate surface area is 155 Å². The van der Waals surface area contributed by atoms with E-state index in [2.05, 4.69) is 0 Å². The third-order valence-electron chi connectivity index (χ3n) is 5.20. The van der Waals surface area contributed by atoms with E-state index in [1.54, 1.807) is 19.1 Å². The van der Waals surface area contributed by atoms with Gasteiger partial charge < -0.3 is 10.6 Å². The van der Waals surface area contributed by atoms with E-state index >= 15 is 0 Å². The second kappa shape index (κ2) is 7.61. The van der Waals surface area contributed by atoms with E-state index in [-0.39, 0.29) is 30.3 Å². The summed E-state index contributed by atoms with van der Waals surface area (Å²) in [5, 5.41) is 0. The van der Waals surface area contributed by atoms with Crippen LogP contribution in [0.4, 0.5) is 0 Å². The lowest BCUT2D eigenvalue weighted by Gasteiger charge is -2.17. The first-order valence-corrected chi connectivity index (χ1v) is 9.86. The van der Waals surface area contributed by atoms with Gasteiger partial charge in [-0.2, -0.15) is 4.31 Å². The van der Waals surface area contributed by atoms with E-state index in [4.69, 9.17) is 5.73 Å². The van der Waals surface area contributed by atoms with Gasteiger partial charge >= 0.3 is 0 Å². The molecule has 1 aromatic carbocycles. The Hall–Kier alpha value is -1.15. The minimum Gasteiger partial charge on any atom is -0.342 e. The highest BCUT2D eigenvalue weighted by molar-refractivity contribution is 7.89. The normalized spacial score (nSPS) is 24.4. The van der Waals surface area contributed by atoms with Crippen molar-refractivity contribution in [2.45, 2.75) is 37.6 Å². The molecule has 2 unspecified atom stereocenters. The summed E-state index contributed by atoms with van der Waals surface area (Å²) in [6.45, 7) is 5.72. The average molecular weight is 388 g/mol. The van der Waals surface area contributed by atoms with Gasteiger partial charge in [0, 0.05) is 39.1 Å². The number of fused-ring (bicyclic) bond motifs is 1. The largest absolute Gasteiger partial charge is 0.342 e. The van der Waals surface area contributed by atoms with Crippen LogP contribution < -0.4 is 5.73 Å². The van der Waals surface area contributed by atoms with Crippen molar-refractivity contribution in [1.29, 1.82) is 0 Å². The Balaban J connectivity index is 0.00000225. The molecule has 2 aliphatic heterocycles. The van der Waals surface area contributed by atoms with E-state index in [1.165, 1.54) is 4.31 Å². The predicted molar refractivity (Wildman–Crippen MR) is 99.3 cm³/mol. The Morgan fingerprint density at radius 2 is 1.80 bits per heavy atom. The van der Waals surface area contributed by atoms with Gasteiger partial charge in [-0.25, -0.2) is 8.42 Å². The number of nitrogens with zero attached hydrogens (tertiary/aromatic N) is 2. The molecule has 1 saturated heterocycles. The van der Waals surface area contributed by atoms with Gasteiger partial charge in [-0.3, -0.25) is 4.79 Å². The summed E-state index contributed by atoms with van der Waals surface area (Å²) in [6, 6.07) is 5.25. The van der Waals surface area contributed by atoms with E-state index in [9.17, 15) is 13.2 Å². The van der Waals surface area contributed by atoms with Gasteiger partial charge in [0.15, 0.2) is 0 Å². The Morgan fingerprint density at radius 1 is 1.16 bits per heavy atom. The van der Waals surface area contributed by atoms with Crippen molar-refractivity contribution in [3.8, 4) is 0 Å². The zero-order valence-electron chi connectivity index (χ0n) is 14.6. The third-order valence-corrected chi connectivity index (χ3v) is 7.03. The van der Waals surface area contributed by atoms with Crippen molar-refractivity contribution in [3.63, 3.8) is 0 Å². The summed E-state index contributed by atoms with van der Waals surface area (Å²) in [6.07, 6.45) is 1.45. The predicted octanol–water partition coefficient (Wildman–Crippen LogP) is 1.02. The standard InChI is InChI=1S/C17H25N3O3S.ClH/c1-12-10-20(11-17(12)18)24(22,23)16-4-3-14-5-7-19(13(2)21)8-6-15(14)9-16;/h3-4,9,12,17H,5-8,10-11,18H2,1-2H3;1H. The lowest BCUT2D eigenvalue weighted by atomic mass is 10.0. The van der Waals surface area contributed by atoms with Crippen LogP contribution in [0.5, 0.6) is 0 Å². The van der Waals surface area contributed by atoms with E-state index < -0.39 is 10.0 Å². The fourth-order valence-corrected chi connectivity index (χ4v) is 5.10. The summed E-state index contributed by atoms with van der Waals surface area (Å²) in [5.41, 5.74) is 8.13. The second-order valence-corrected chi connectivity index (χ2v) is 8.84. The number of hydrogen-bond acceptors (Lipinski definition) is 4. The molecule has 3 rings (SSSR count). The summed E-state index contributed by atoms with van der Waals surface area (Å²) < 4.78 is 27.2. The molecule has 1 fully saturated rings. The fraction of sp³-hybridized carbons (Fsp3) is 0.588. The van der Waals surface area contributed by atoms with Crippen LogP contribution in [0, 0.1) is 5.92 Å². The summed E-state index contributed by atoms with van der Waals surface area (Å²) in [7, 11) is -3.51. The molecular formula is C17H26ClN3O3S. The lowest BCUT2D eigenvalue weighted by Crippen LogP contribution is -2.32. The van der Waals surface area contributed by atoms with Crippen LogP contribution in [0.3, 0.4) is 0 Å². The molecule has 0 saturated carbocycles. The molecule has 2 heterocycles. The summed E-state index contributed by atoms with van der Waals surface area (Å²) >= 11 is 0. The van der Waals surface area contributed by atoms with Crippen LogP contribution in [0.15, 0.2) is 23.1 Å². The maximum Gasteiger partial charge on any atom is 0.243 e. The molecule has 2 aliphatic rings. The molecule has 0 spiro atoms. The van der Waals surface area contributed by atoms with E-state index in [0.29, 0.717) is 37.5 Å². The molecule has 1 aromatic rings. The topological polar surface area (TPSA) is 83.7 Å². The first-order valence-electron chi connectivity index (χ1n) is 8.42. The number of hydrogen-bond donors (Lipinski definition) is 1. The van der Waals surface area contributed by atoms with E-state index in [0.717, 1.165) is 17.5 Å². The van der Waals surface area contributed by atoms with Crippen molar-refractivity contribution in [3.05, 3.63) is 29.3 Å². The number of amides is 1. The van der Waals surface area contributed by atoms with Crippen molar-refractivity contribution in [1.82, 2.24) is 9.21 Å². The number of halogens is 1. The minimum absolute atomic E-state index is 0. The molecule has 25 heavy (non-hydrogen) atoms. The van der Waals surface area contributed by atoms with E-state index in [1.807, 2.05) is 17.9 Å². The number of benzene rings is 1. The van der Waals surface area contributed by atoms with Gasteiger partial charge in [0.05, 0.1) is 4.90 Å². The highest BCUT2D eigenvalue weighted by Crippen LogP contribution is 2.26. The molecule has 2 N–H and O–H groups in total. The molecule has 0 radical (unpaired) electrons. The van der Waals surface area contributed by atoms with Gasteiger partial charge in [0.1, 0.15) is 0 Å². The van der Waals surface area contributed by atoms with Gasteiger partial charge in [0.25, 0.3) is 0 Å². The molecular weight excluding hydrogens is 362 g/mol. The Bertz CT molecular complexity index is 744. The second-order valence-electron chi connectivity index (χ2n) is 6.90. The zero-order chi connectivity index (χ0) is 17.5. The highest BCUT2D eigenvalue weighted by atomic mass is 35.5. The minimum atomic E-state index is -3.51. The number of sulfonamides is 1. The first-order chi connectivity index (χ1) is 11.3. The highest BCUT2D eigenvalue weighted by Gasteiger charge is 2.35. The van der Waals surface area contributed by atoms with Crippen LogP contribution in [-0.4, -0.2) is 55.8 Å². The smallest absolute Gasteiger partial charge is 0.243 e. The molecule has 6 nitrogen and oxygen atoms in total. The number of nitrogens with two attached hydrogens (primary N) is 1. The van der Waals surface area contributed by atoms with Crippen molar-refractivity contribution in [2.75, 3.05) is 26.2 Å². The monoisotopic (exact) mass is 387 g/mol. The van der Waals surface area contributed by atoms with Crippen LogP contribution in [-0.2, 0) is 27.7 Å². The SMILES string of the molecule is CC(=O)N1CCc2ccc(S(=O)(=O)N3CC(C)C(N)C3)cc2CC1.Cl. The molecule has 2 atom stereocenters. The third kappa shape index (κ3) is 4.00. The Morgan fingerprint density at radius 3 is 2.36 bits per heavy atom. The summed E-state index contributed by atoms with van der Waals surface area (Å²) in [5.74, 6) is 0.237. The molecule has 0 aliphatic carbocycles. The van der Waals surface area contributed by atoms with Gasteiger partial charge in [-0.15, -0.1) is 12.4 Å². The maximum absolute atomic E-state index is 12.9. The van der Waals surface area contributed by atoms with Crippen molar-refractivity contribution >= 4 is 28.3 Å². The molecule has 140 valence electrons. The molecule has 0 aromatic heterocycles. The van der Waals surface area contributed by atoms with Gasteiger partial charge in [-0.05, 0) is 42.0 Å². The molecule has 0 bridgehead atoms. The van der Waals surface area contributed by atoms with Crippen LogP contribution in [0.2, 0.25) is 0 Å². The quantitative estimate of drug-likeness (QED) is 0.821. The average Bonchev–Trinajstić information content (AvgIpc) is 2.75. The Kier molecular flexibility index (Phi) is 6.14. The maximum atomic E-state index is 12.9. The number of carbonyl (C=O) groups excluding carboxylic acids is 1. The molecule has 8 heteroatoms. The van der Waals surface area contributed by atoms with Crippen LogP contribution in [0.1, 0.15) is 25.0 Å². The van der Waals surface area contributed by atoms with Gasteiger partial charge in [0.2, 0.25) is 15.9 Å². The number of rotatable bonds is 2. The molecule has 1 amide bonds. The van der Waals surface area contributed by atoms with Crippen molar-refractivity contribution in [2.24, 2.45) is 11.7 Å². The lowest BCUT2D eigenvalue weighted by molar-refractivity contribution is -0.128. The fourth-order valence-electron chi connectivity index (χ4n) is 3.47. The first kappa shape index (κ1) is 20.2. The summed E-state index contributed by atoms with van der Waals surface area (Å²) in [4.78, 5) is 13.7. The van der Waals surface area contributed by atoms with Crippen molar-refractivity contribution < 1.29 is 13.2 Å². The zero-order valence-corrected chi connectivity index (χ0v) is 16.3. The number of carbonyl (C=O) groups is 1. The van der Waals surface area contributed by atoms with Crippen LogP contribution >= 0.6 is 12.4 Å². The van der Waals surface area contributed by atoms with Gasteiger partial charge in [-0.1, -0.05) is 13.0 Å².